The predicted molar refractivity (Wildman–Crippen MR) is 88.4 cm³/mol. The van der Waals surface area contributed by atoms with Crippen molar-refractivity contribution in [2.45, 2.75) is 6.54 Å². The van der Waals surface area contributed by atoms with Crippen LogP contribution in [0.4, 0.5) is 10.1 Å². The Bertz CT molecular complexity index is 679. The molecule has 1 heterocycles. The Morgan fingerprint density at radius 1 is 1.04 bits per heavy atom. The van der Waals surface area contributed by atoms with E-state index in [0.29, 0.717) is 18.7 Å². The minimum absolute atomic E-state index is 0.100. The van der Waals surface area contributed by atoms with Gasteiger partial charge >= 0.3 is 0 Å². The molecule has 1 saturated heterocycles. The summed E-state index contributed by atoms with van der Waals surface area (Å²) >= 11 is 0. The number of piperazine rings is 1. The van der Waals surface area contributed by atoms with E-state index < -0.39 is 0 Å². The average molecular weight is 313 g/mol. The van der Waals surface area contributed by atoms with E-state index in [4.69, 9.17) is 5.73 Å². The molecule has 2 aromatic carbocycles. The molecule has 1 aliphatic rings. The maximum atomic E-state index is 13.2. The number of nitrogens with two attached hydrogens (primary N) is 1. The first kappa shape index (κ1) is 15.5. The molecular weight excluding hydrogens is 293 g/mol. The number of hydrogen-bond acceptors (Lipinski definition) is 3. The number of rotatable bonds is 3. The van der Waals surface area contributed by atoms with E-state index in [1.165, 1.54) is 17.7 Å². The molecule has 2 aromatic rings. The van der Waals surface area contributed by atoms with Crippen molar-refractivity contribution in [1.82, 2.24) is 9.80 Å². The quantitative estimate of drug-likeness (QED) is 0.885. The first-order valence-electron chi connectivity index (χ1n) is 7.73. The second kappa shape index (κ2) is 6.79. The van der Waals surface area contributed by atoms with Crippen molar-refractivity contribution >= 4 is 11.6 Å². The topological polar surface area (TPSA) is 49.6 Å². The summed E-state index contributed by atoms with van der Waals surface area (Å²) in [6, 6.07) is 13.7. The molecule has 0 unspecified atom stereocenters. The standard InChI is InChI=1S/C18H20FN3O/c19-16-3-1-2-15(12-16)18(23)22-10-8-21(9-11-22)13-14-4-6-17(20)7-5-14/h1-7,12H,8-11,13,20H2. The number of hydrogen-bond donors (Lipinski definition) is 1. The highest BCUT2D eigenvalue weighted by atomic mass is 19.1. The van der Waals surface area contributed by atoms with Crippen LogP contribution in [0.5, 0.6) is 0 Å². The molecule has 2 N–H and O–H groups in total. The van der Waals surface area contributed by atoms with Gasteiger partial charge in [-0.1, -0.05) is 18.2 Å². The zero-order valence-electron chi connectivity index (χ0n) is 12.9. The second-order valence-corrected chi connectivity index (χ2v) is 5.82. The molecule has 3 rings (SSSR count). The second-order valence-electron chi connectivity index (χ2n) is 5.82. The van der Waals surface area contributed by atoms with Gasteiger partial charge in [0, 0.05) is 44.0 Å². The summed E-state index contributed by atoms with van der Waals surface area (Å²) < 4.78 is 13.2. The van der Waals surface area contributed by atoms with Crippen LogP contribution in [0.25, 0.3) is 0 Å². The number of amides is 1. The van der Waals surface area contributed by atoms with E-state index >= 15 is 0 Å². The van der Waals surface area contributed by atoms with Gasteiger partial charge in [0.05, 0.1) is 0 Å². The van der Waals surface area contributed by atoms with Gasteiger partial charge < -0.3 is 10.6 Å². The predicted octanol–water partition coefficient (Wildman–Crippen LogP) is 2.37. The van der Waals surface area contributed by atoms with Crippen molar-refractivity contribution in [3.8, 4) is 0 Å². The summed E-state index contributed by atoms with van der Waals surface area (Å²) in [5.74, 6) is -0.477. The first-order chi connectivity index (χ1) is 11.1. The minimum Gasteiger partial charge on any atom is -0.399 e. The van der Waals surface area contributed by atoms with E-state index in [2.05, 4.69) is 4.90 Å². The highest BCUT2D eigenvalue weighted by molar-refractivity contribution is 5.94. The third-order valence-corrected chi connectivity index (χ3v) is 4.12. The van der Waals surface area contributed by atoms with Gasteiger partial charge in [0.2, 0.25) is 0 Å². The Kier molecular flexibility index (Phi) is 4.57. The van der Waals surface area contributed by atoms with Crippen molar-refractivity contribution in [1.29, 1.82) is 0 Å². The Morgan fingerprint density at radius 3 is 2.39 bits per heavy atom. The lowest BCUT2D eigenvalue weighted by atomic mass is 10.1. The molecule has 0 aromatic heterocycles. The molecule has 0 bridgehead atoms. The Hall–Kier alpha value is -2.40. The van der Waals surface area contributed by atoms with Crippen molar-refractivity contribution in [2.75, 3.05) is 31.9 Å². The van der Waals surface area contributed by atoms with Crippen LogP contribution in [0.15, 0.2) is 48.5 Å². The van der Waals surface area contributed by atoms with E-state index in [1.54, 1.807) is 17.0 Å². The van der Waals surface area contributed by atoms with E-state index in [9.17, 15) is 9.18 Å². The fraction of sp³-hybridized carbons (Fsp3) is 0.278. The van der Waals surface area contributed by atoms with Crippen molar-refractivity contribution in [3.63, 3.8) is 0 Å². The smallest absolute Gasteiger partial charge is 0.254 e. The van der Waals surface area contributed by atoms with Crippen LogP contribution in [-0.2, 0) is 6.54 Å². The lowest BCUT2D eigenvalue weighted by Crippen LogP contribution is -2.48. The van der Waals surface area contributed by atoms with Crippen LogP contribution in [-0.4, -0.2) is 41.9 Å². The summed E-state index contributed by atoms with van der Waals surface area (Å²) in [7, 11) is 0. The molecule has 4 nitrogen and oxygen atoms in total. The summed E-state index contributed by atoms with van der Waals surface area (Å²) in [6.07, 6.45) is 0. The van der Waals surface area contributed by atoms with Crippen LogP contribution in [0.3, 0.4) is 0 Å². The van der Waals surface area contributed by atoms with Gasteiger partial charge in [-0.2, -0.15) is 0 Å². The fourth-order valence-electron chi connectivity index (χ4n) is 2.79. The van der Waals surface area contributed by atoms with E-state index in [0.717, 1.165) is 25.3 Å². The van der Waals surface area contributed by atoms with Gasteiger partial charge in [0.15, 0.2) is 0 Å². The summed E-state index contributed by atoms with van der Waals surface area (Å²) in [5.41, 5.74) is 8.08. The van der Waals surface area contributed by atoms with Crippen molar-refractivity contribution < 1.29 is 9.18 Å². The molecule has 1 fully saturated rings. The fourth-order valence-corrected chi connectivity index (χ4v) is 2.79. The monoisotopic (exact) mass is 313 g/mol. The molecule has 0 atom stereocenters. The molecule has 120 valence electrons. The van der Waals surface area contributed by atoms with Crippen LogP contribution >= 0.6 is 0 Å². The molecule has 1 amide bonds. The Balaban J connectivity index is 1.55. The highest BCUT2D eigenvalue weighted by Crippen LogP contribution is 2.13. The highest BCUT2D eigenvalue weighted by Gasteiger charge is 2.22. The number of halogens is 1. The van der Waals surface area contributed by atoms with Gasteiger partial charge in [0.25, 0.3) is 5.91 Å². The Labute approximate surface area is 135 Å². The molecule has 23 heavy (non-hydrogen) atoms. The van der Waals surface area contributed by atoms with E-state index in [1.807, 2.05) is 24.3 Å². The average Bonchev–Trinajstić information content (AvgIpc) is 2.57. The summed E-state index contributed by atoms with van der Waals surface area (Å²) in [4.78, 5) is 16.5. The number of benzene rings is 2. The van der Waals surface area contributed by atoms with Crippen LogP contribution in [0.1, 0.15) is 15.9 Å². The molecule has 0 saturated carbocycles. The maximum absolute atomic E-state index is 13.2. The zero-order valence-corrected chi connectivity index (χ0v) is 12.9. The number of carbonyl (C=O) groups is 1. The van der Waals surface area contributed by atoms with E-state index in [-0.39, 0.29) is 11.7 Å². The minimum atomic E-state index is -0.377. The van der Waals surface area contributed by atoms with Crippen molar-refractivity contribution in [3.05, 3.63) is 65.5 Å². The van der Waals surface area contributed by atoms with Gasteiger partial charge in [-0.25, -0.2) is 4.39 Å². The largest absolute Gasteiger partial charge is 0.399 e. The molecule has 0 aliphatic carbocycles. The van der Waals surface area contributed by atoms with Crippen LogP contribution < -0.4 is 5.73 Å². The Morgan fingerprint density at radius 2 is 1.74 bits per heavy atom. The molecule has 0 spiro atoms. The van der Waals surface area contributed by atoms with Gasteiger partial charge in [-0.3, -0.25) is 9.69 Å². The zero-order chi connectivity index (χ0) is 16.2. The molecule has 1 aliphatic heterocycles. The molecule has 5 heteroatoms. The number of nitrogen functional groups attached to an aromatic ring is 1. The lowest BCUT2D eigenvalue weighted by Gasteiger charge is -2.34. The van der Waals surface area contributed by atoms with Gasteiger partial charge in [-0.05, 0) is 35.9 Å². The van der Waals surface area contributed by atoms with Crippen LogP contribution in [0.2, 0.25) is 0 Å². The number of carbonyl (C=O) groups excluding carboxylic acids is 1. The SMILES string of the molecule is Nc1ccc(CN2CCN(C(=O)c3cccc(F)c3)CC2)cc1. The summed E-state index contributed by atoms with van der Waals surface area (Å²) in [6.45, 7) is 3.79. The normalized spacial score (nSPS) is 15.6. The maximum Gasteiger partial charge on any atom is 0.254 e. The first-order valence-corrected chi connectivity index (χ1v) is 7.73. The molecular formula is C18H20FN3O. The number of nitrogens with zero attached hydrogens (tertiary/aromatic N) is 2. The third-order valence-electron chi connectivity index (χ3n) is 4.12. The van der Waals surface area contributed by atoms with Crippen LogP contribution in [0, 0.1) is 5.82 Å². The third kappa shape index (κ3) is 3.87. The molecule has 0 radical (unpaired) electrons. The van der Waals surface area contributed by atoms with Gasteiger partial charge in [0.1, 0.15) is 5.82 Å². The van der Waals surface area contributed by atoms with Gasteiger partial charge in [-0.15, -0.1) is 0 Å². The lowest BCUT2D eigenvalue weighted by molar-refractivity contribution is 0.0628. The number of anilines is 1. The summed E-state index contributed by atoms with van der Waals surface area (Å²) in [5, 5.41) is 0. The van der Waals surface area contributed by atoms with Crippen molar-refractivity contribution in [2.24, 2.45) is 0 Å².